The van der Waals surface area contributed by atoms with Gasteiger partial charge in [-0.2, -0.15) is 19.0 Å². The second kappa shape index (κ2) is 5.87. The van der Waals surface area contributed by atoms with E-state index in [1.165, 1.54) is 4.68 Å². The molecule has 0 atom stereocenters. The van der Waals surface area contributed by atoms with Crippen molar-refractivity contribution in [3.63, 3.8) is 0 Å². The minimum Gasteiger partial charge on any atom is -0.255 e. The summed E-state index contributed by atoms with van der Waals surface area (Å²) in [5, 5.41) is 7.46. The minimum absolute atomic E-state index is 0.116. The van der Waals surface area contributed by atoms with E-state index in [-0.39, 0.29) is 32.0 Å². The highest BCUT2D eigenvalue weighted by Crippen LogP contribution is 2.25. The summed E-state index contributed by atoms with van der Waals surface area (Å²) in [6.07, 6.45) is 1.54. The lowest BCUT2D eigenvalue weighted by atomic mass is 10.4. The van der Waals surface area contributed by atoms with Crippen molar-refractivity contribution in [2.24, 2.45) is 7.05 Å². The molecular formula is C9H9Cl2F2N5O2S. The molecule has 2 aromatic rings. The van der Waals surface area contributed by atoms with E-state index >= 15 is 0 Å². The Morgan fingerprint density at radius 2 is 2.10 bits per heavy atom. The zero-order valence-electron chi connectivity index (χ0n) is 10.5. The predicted octanol–water partition coefficient (Wildman–Crippen LogP) is 1.80. The van der Waals surface area contributed by atoms with Gasteiger partial charge in [0.15, 0.2) is 0 Å². The normalized spacial score (nSPS) is 12.3. The number of aromatic nitrogens is 4. The van der Waals surface area contributed by atoms with Crippen LogP contribution in [0.4, 0.5) is 8.78 Å². The molecule has 0 amide bonds. The molecule has 12 heteroatoms. The maximum atomic E-state index is 12.4. The maximum absolute atomic E-state index is 12.4. The van der Waals surface area contributed by atoms with Gasteiger partial charge in [0.1, 0.15) is 15.1 Å². The summed E-state index contributed by atoms with van der Waals surface area (Å²) in [7, 11) is -2.47. The van der Waals surface area contributed by atoms with Crippen LogP contribution in [0.15, 0.2) is 17.3 Å². The number of nitrogens with one attached hydrogen (secondary N) is 1. The van der Waals surface area contributed by atoms with Gasteiger partial charge in [0.25, 0.3) is 0 Å². The fourth-order valence-corrected chi connectivity index (χ4v) is 2.76. The van der Waals surface area contributed by atoms with Crippen molar-refractivity contribution in [2.45, 2.75) is 18.0 Å². The molecule has 2 heterocycles. The van der Waals surface area contributed by atoms with Gasteiger partial charge in [-0.15, -0.1) is 0 Å². The molecule has 0 unspecified atom stereocenters. The number of aryl methyl sites for hydroxylation is 1. The predicted molar refractivity (Wildman–Crippen MR) is 70.7 cm³/mol. The largest absolute Gasteiger partial charge is 0.333 e. The molecule has 0 fully saturated rings. The van der Waals surface area contributed by atoms with Crippen LogP contribution in [-0.2, 0) is 23.6 Å². The highest BCUT2D eigenvalue weighted by Gasteiger charge is 2.20. The maximum Gasteiger partial charge on any atom is 0.333 e. The molecule has 0 bridgehead atoms. The van der Waals surface area contributed by atoms with Crippen LogP contribution in [-0.4, -0.2) is 28.0 Å². The first-order valence-corrected chi connectivity index (χ1v) is 7.65. The topological polar surface area (TPSA) is 81.8 Å². The van der Waals surface area contributed by atoms with Crippen molar-refractivity contribution in [2.75, 3.05) is 0 Å². The summed E-state index contributed by atoms with van der Waals surface area (Å²) in [4.78, 5) is -0.388. The molecule has 21 heavy (non-hydrogen) atoms. The number of rotatable bonds is 5. The average Bonchev–Trinajstić information content (AvgIpc) is 2.99. The number of sulfonamides is 1. The average molecular weight is 360 g/mol. The number of halogens is 4. The molecule has 0 radical (unpaired) electrons. The van der Waals surface area contributed by atoms with Crippen LogP contribution in [0.5, 0.6) is 0 Å². The quantitative estimate of drug-likeness (QED) is 0.882. The first kappa shape index (κ1) is 16.1. The van der Waals surface area contributed by atoms with Crippen molar-refractivity contribution >= 4 is 33.2 Å². The van der Waals surface area contributed by atoms with Crippen molar-refractivity contribution in [3.8, 4) is 0 Å². The number of nitrogens with zero attached hydrogens (tertiary/aromatic N) is 4. The smallest absolute Gasteiger partial charge is 0.255 e. The van der Waals surface area contributed by atoms with Crippen LogP contribution in [0.25, 0.3) is 0 Å². The van der Waals surface area contributed by atoms with Crippen molar-refractivity contribution in [1.82, 2.24) is 24.3 Å². The van der Waals surface area contributed by atoms with Gasteiger partial charge >= 0.3 is 6.55 Å². The van der Waals surface area contributed by atoms with Crippen molar-refractivity contribution < 1.29 is 17.2 Å². The molecule has 116 valence electrons. The molecule has 0 spiro atoms. The molecule has 0 saturated heterocycles. The summed E-state index contributed by atoms with van der Waals surface area (Å²) in [6, 6.07) is 0. The lowest BCUT2D eigenvalue weighted by Crippen LogP contribution is -2.23. The molecule has 0 aliphatic carbocycles. The summed E-state index contributed by atoms with van der Waals surface area (Å²) in [5.74, 6) is 0. The van der Waals surface area contributed by atoms with Gasteiger partial charge in [0.05, 0.1) is 24.6 Å². The zero-order chi connectivity index (χ0) is 15.8. The van der Waals surface area contributed by atoms with Gasteiger partial charge in [0, 0.05) is 7.05 Å². The summed E-state index contributed by atoms with van der Waals surface area (Å²) >= 11 is 11.7. The Kier molecular flexibility index (Phi) is 4.51. The Morgan fingerprint density at radius 1 is 1.43 bits per heavy atom. The second-order valence-corrected chi connectivity index (χ2v) is 6.44. The highest BCUT2D eigenvalue weighted by atomic mass is 35.5. The van der Waals surface area contributed by atoms with Crippen LogP contribution in [0, 0.1) is 0 Å². The SMILES string of the molecule is Cn1nc(CNS(=O)(=O)c2cnn(C(F)F)c2)c(Cl)c1Cl. The van der Waals surface area contributed by atoms with E-state index in [4.69, 9.17) is 23.2 Å². The monoisotopic (exact) mass is 359 g/mol. The van der Waals surface area contributed by atoms with E-state index in [0.29, 0.717) is 0 Å². The van der Waals surface area contributed by atoms with Gasteiger partial charge in [-0.25, -0.2) is 17.8 Å². The van der Waals surface area contributed by atoms with Gasteiger partial charge in [-0.3, -0.25) is 4.68 Å². The number of hydrogen-bond donors (Lipinski definition) is 1. The molecule has 2 rings (SSSR count). The van der Waals surface area contributed by atoms with Crippen LogP contribution in [0.2, 0.25) is 10.2 Å². The van der Waals surface area contributed by atoms with Gasteiger partial charge in [-0.05, 0) is 0 Å². The molecule has 7 nitrogen and oxygen atoms in total. The highest BCUT2D eigenvalue weighted by molar-refractivity contribution is 7.89. The molecular weight excluding hydrogens is 351 g/mol. The van der Waals surface area contributed by atoms with Gasteiger partial charge in [0.2, 0.25) is 10.0 Å². The number of alkyl halides is 2. The molecule has 0 aliphatic heterocycles. The van der Waals surface area contributed by atoms with Crippen LogP contribution < -0.4 is 4.72 Å². The van der Waals surface area contributed by atoms with Crippen molar-refractivity contribution in [1.29, 1.82) is 0 Å². The van der Waals surface area contributed by atoms with E-state index in [1.54, 1.807) is 7.05 Å². The van der Waals surface area contributed by atoms with Gasteiger partial charge in [-0.1, -0.05) is 23.2 Å². The Hall–Kier alpha value is -1.23. The molecule has 2 aromatic heterocycles. The van der Waals surface area contributed by atoms with E-state index in [2.05, 4.69) is 14.9 Å². The van der Waals surface area contributed by atoms with Crippen LogP contribution in [0.1, 0.15) is 12.2 Å². The summed E-state index contributed by atoms with van der Waals surface area (Å²) < 4.78 is 52.3. The lowest BCUT2D eigenvalue weighted by molar-refractivity contribution is 0.0564. The third kappa shape index (κ3) is 3.34. The van der Waals surface area contributed by atoms with E-state index in [9.17, 15) is 17.2 Å². The van der Waals surface area contributed by atoms with Crippen LogP contribution >= 0.6 is 23.2 Å². The second-order valence-electron chi connectivity index (χ2n) is 3.93. The Bertz CT molecular complexity index is 758. The Balaban J connectivity index is 2.15. The van der Waals surface area contributed by atoms with Gasteiger partial charge < -0.3 is 0 Å². The van der Waals surface area contributed by atoms with E-state index < -0.39 is 16.6 Å². The Morgan fingerprint density at radius 3 is 2.57 bits per heavy atom. The summed E-state index contributed by atoms with van der Waals surface area (Å²) in [5.41, 5.74) is 0.217. The third-order valence-corrected chi connectivity index (χ3v) is 4.79. The molecule has 0 aromatic carbocycles. The third-order valence-electron chi connectivity index (χ3n) is 2.51. The molecule has 0 aliphatic rings. The first-order valence-electron chi connectivity index (χ1n) is 5.41. The summed E-state index contributed by atoms with van der Waals surface area (Å²) in [6.45, 7) is -3.15. The fourth-order valence-electron chi connectivity index (χ4n) is 1.46. The van der Waals surface area contributed by atoms with Crippen molar-refractivity contribution in [3.05, 3.63) is 28.3 Å². The first-order chi connectivity index (χ1) is 9.72. The minimum atomic E-state index is -4.01. The fraction of sp³-hybridized carbons (Fsp3) is 0.333. The molecule has 0 saturated carbocycles. The van der Waals surface area contributed by atoms with Crippen LogP contribution in [0.3, 0.4) is 0 Å². The van der Waals surface area contributed by atoms with E-state index in [1.807, 2.05) is 0 Å². The standard InChI is InChI=1S/C9H9Cl2F2N5O2S/c1-17-8(11)7(10)6(16-17)3-15-21(19,20)5-2-14-18(4-5)9(12)13/h2,4,9,15H,3H2,1H3. The zero-order valence-corrected chi connectivity index (χ0v) is 12.8. The Labute approximate surface area is 128 Å². The lowest BCUT2D eigenvalue weighted by Gasteiger charge is -2.02. The molecule has 1 N–H and O–H groups in total. The van der Waals surface area contributed by atoms with E-state index in [0.717, 1.165) is 12.4 Å². The number of hydrogen-bond acceptors (Lipinski definition) is 4.